The first kappa shape index (κ1) is 20.2. The van der Waals surface area contributed by atoms with E-state index < -0.39 is 0 Å². The minimum atomic E-state index is 0.747. The fourth-order valence-electron chi connectivity index (χ4n) is 5.80. The van der Waals surface area contributed by atoms with Crippen LogP contribution in [0.25, 0.3) is 5.57 Å². The molecule has 0 N–H and O–H groups in total. The zero-order valence-electron chi connectivity index (χ0n) is 18.1. The smallest absolute Gasteiger partial charge is 0.0106 e. The summed E-state index contributed by atoms with van der Waals surface area (Å²) in [5.74, 6) is 3.72. The molecule has 0 amide bonds. The van der Waals surface area contributed by atoms with Crippen LogP contribution in [-0.4, -0.2) is 0 Å². The Bertz CT molecular complexity index is 813. The monoisotopic (exact) mass is 384 g/mol. The van der Waals surface area contributed by atoms with E-state index >= 15 is 0 Å². The van der Waals surface area contributed by atoms with Crippen molar-refractivity contribution >= 4 is 5.57 Å². The summed E-state index contributed by atoms with van der Waals surface area (Å²) in [6.45, 7) is 10.5. The molecule has 0 aromatic heterocycles. The summed E-state index contributed by atoms with van der Waals surface area (Å²) in [4.78, 5) is 0. The molecule has 152 valence electrons. The second-order valence-electron chi connectivity index (χ2n) is 9.53. The normalized spacial score (nSPS) is 30.3. The largest absolute Gasteiger partial charge is 0.0990 e. The fourth-order valence-corrected chi connectivity index (χ4v) is 5.80. The first-order valence-corrected chi connectivity index (χ1v) is 11.7. The highest BCUT2D eigenvalue weighted by Gasteiger charge is 2.30. The van der Waals surface area contributed by atoms with Crippen molar-refractivity contribution in [3.05, 3.63) is 90.1 Å². The summed E-state index contributed by atoms with van der Waals surface area (Å²) in [7, 11) is 0. The molecule has 0 aliphatic heterocycles. The van der Waals surface area contributed by atoms with Gasteiger partial charge in [-0.1, -0.05) is 87.6 Å². The quantitative estimate of drug-likeness (QED) is 0.447. The first-order valence-electron chi connectivity index (χ1n) is 11.7. The second kappa shape index (κ2) is 9.16. The molecule has 0 unspecified atom stereocenters. The number of hydrogen-bond acceptors (Lipinski definition) is 0. The van der Waals surface area contributed by atoms with E-state index in [1.54, 1.807) is 0 Å². The Kier molecular flexibility index (Phi) is 6.38. The van der Waals surface area contributed by atoms with Crippen molar-refractivity contribution in [1.82, 2.24) is 0 Å². The van der Waals surface area contributed by atoms with Crippen LogP contribution in [0.4, 0.5) is 0 Å². The van der Waals surface area contributed by atoms with Gasteiger partial charge in [-0.3, -0.25) is 0 Å². The van der Waals surface area contributed by atoms with Gasteiger partial charge >= 0.3 is 0 Å². The average molecular weight is 385 g/mol. The van der Waals surface area contributed by atoms with E-state index in [1.165, 1.54) is 73.6 Å². The molecule has 3 aliphatic rings. The lowest BCUT2D eigenvalue weighted by molar-refractivity contribution is 0.165. The van der Waals surface area contributed by atoms with Crippen molar-refractivity contribution in [2.45, 2.75) is 64.2 Å². The average Bonchev–Trinajstić information content (AvgIpc) is 3.18. The molecule has 1 aromatic rings. The Labute approximate surface area is 177 Å². The van der Waals surface area contributed by atoms with Gasteiger partial charge in [0.05, 0.1) is 0 Å². The van der Waals surface area contributed by atoms with Gasteiger partial charge in [0.2, 0.25) is 0 Å². The predicted octanol–water partition coefficient (Wildman–Crippen LogP) is 8.41. The Morgan fingerprint density at radius 1 is 0.897 bits per heavy atom. The van der Waals surface area contributed by atoms with E-state index in [0.717, 1.165) is 29.2 Å². The van der Waals surface area contributed by atoms with Crippen LogP contribution in [0.3, 0.4) is 0 Å². The standard InChI is InChI=1S/C29H36/c1-4-6-29(28-8-5-7-22(28)3)27-19-17-26(18-20-27)25-15-13-24(14-16-25)23-11-9-21(2)10-12-23/h4-8,17-21,23-25H,1,3,9-16H2,2H3/b29-6-. The summed E-state index contributed by atoms with van der Waals surface area (Å²) in [6, 6.07) is 9.33. The third-order valence-electron chi connectivity index (χ3n) is 7.67. The maximum atomic E-state index is 4.17. The van der Waals surface area contributed by atoms with Crippen LogP contribution in [-0.2, 0) is 0 Å². The van der Waals surface area contributed by atoms with Gasteiger partial charge in [-0.05, 0) is 90.0 Å². The van der Waals surface area contributed by atoms with Gasteiger partial charge in [0.1, 0.15) is 0 Å². The van der Waals surface area contributed by atoms with Gasteiger partial charge in [0.25, 0.3) is 0 Å². The maximum Gasteiger partial charge on any atom is -0.0106 e. The fraction of sp³-hybridized carbons (Fsp3) is 0.448. The molecule has 0 atom stereocenters. The highest BCUT2D eigenvalue weighted by atomic mass is 14.4. The molecule has 4 rings (SSSR count). The molecule has 0 heterocycles. The highest BCUT2D eigenvalue weighted by Crippen LogP contribution is 2.44. The number of allylic oxidation sites excluding steroid dienone is 8. The molecule has 0 radical (unpaired) electrons. The molecule has 0 heteroatoms. The van der Waals surface area contributed by atoms with E-state index in [4.69, 9.17) is 0 Å². The summed E-state index contributed by atoms with van der Waals surface area (Å²) in [5.41, 5.74) is 6.30. The summed E-state index contributed by atoms with van der Waals surface area (Å²) in [6.07, 6.45) is 21.8. The molecule has 2 saturated carbocycles. The molecule has 0 spiro atoms. The van der Waals surface area contributed by atoms with Gasteiger partial charge in [-0.25, -0.2) is 0 Å². The third kappa shape index (κ3) is 4.58. The molecule has 3 aliphatic carbocycles. The van der Waals surface area contributed by atoms with Crippen molar-refractivity contribution < 1.29 is 0 Å². The van der Waals surface area contributed by atoms with Crippen LogP contribution in [0.1, 0.15) is 75.3 Å². The minimum Gasteiger partial charge on any atom is -0.0990 e. The number of benzene rings is 1. The van der Waals surface area contributed by atoms with Crippen LogP contribution in [0.5, 0.6) is 0 Å². The molecule has 0 bridgehead atoms. The predicted molar refractivity (Wildman–Crippen MR) is 127 cm³/mol. The summed E-state index contributed by atoms with van der Waals surface area (Å²) in [5, 5.41) is 0. The zero-order chi connectivity index (χ0) is 20.2. The Hall–Kier alpha value is -2.08. The van der Waals surface area contributed by atoms with E-state index in [2.05, 4.69) is 68.7 Å². The van der Waals surface area contributed by atoms with E-state index in [9.17, 15) is 0 Å². The molecule has 0 nitrogen and oxygen atoms in total. The number of rotatable bonds is 5. The summed E-state index contributed by atoms with van der Waals surface area (Å²) >= 11 is 0. The van der Waals surface area contributed by atoms with Gasteiger partial charge in [0, 0.05) is 0 Å². The van der Waals surface area contributed by atoms with Crippen LogP contribution < -0.4 is 0 Å². The first-order chi connectivity index (χ1) is 14.2. The molecular weight excluding hydrogens is 348 g/mol. The zero-order valence-corrected chi connectivity index (χ0v) is 18.1. The van der Waals surface area contributed by atoms with Crippen LogP contribution in [0.15, 0.2) is 78.9 Å². The van der Waals surface area contributed by atoms with Gasteiger partial charge in [-0.2, -0.15) is 0 Å². The van der Waals surface area contributed by atoms with E-state index in [-0.39, 0.29) is 0 Å². The lowest BCUT2D eigenvalue weighted by atomic mass is 9.68. The topological polar surface area (TPSA) is 0 Å². The van der Waals surface area contributed by atoms with Crippen molar-refractivity contribution in [3.8, 4) is 0 Å². The van der Waals surface area contributed by atoms with Crippen LogP contribution in [0.2, 0.25) is 0 Å². The van der Waals surface area contributed by atoms with Crippen molar-refractivity contribution in [3.63, 3.8) is 0 Å². The van der Waals surface area contributed by atoms with E-state index in [0.29, 0.717) is 0 Å². The summed E-state index contributed by atoms with van der Waals surface area (Å²) < 4.78 is 0. The molecular formula is C29H36. The molecule has 1 aromatic carbocycles. The lowest BCUT2D eigenvalue weighted by Gasteiger charge is -2.37. The molecule has 0 saturated heterocycles. The van der Waals surface area contributed by atoms with Gasteiger partial charge < -0.3 is 0 Å². The Balaban J connectivity index is 1.39. The second-order valence-corrected chi connectivity index (χ2v) is 9.53. The van der Waals surface area contributed by atoms with Crippen molar-refractivity contribution in [2.24, 2.45) is 17.8 Å². The lowest BCUT2D eigenvalue weighted by Crippen LogP contribution is -2.24. The molecule has 2 fully saturated rings. The highest BCUT2D eigenvalue weighted by molar-refractivity contribution is 5.87. The minimum absolute atomic E-state index is 0.747. The maximum absolute atomic E-state index is 4.17. The SMILES string of the molecule is C=C/C=C(\C1=CC=CC1=C)c1ccc(C2CCC(C3CCC(C)CC3)CC2)cc1. The van der Waals surface area contributed by atoms with E-state index in [1.807, 2.05) is 6.08 Å². The van der Waals surface area contributed by atoms with Crippen molar-refractivity contribution in [2.75, 3.05) is 0 Å². The van der Waals surface area contributed by atoms with Gasteiger partial charge in [-0.15, -0.1) is 0 Å². The van der Waals surface area contributed by atoms with Crippen molar-refractivity contribution in [1.29, 1.82) is 0 Å². The Morgan fingerprint density at radius 2 is 1.52 bits per heavy atom. The number of hydrogen-bond donors (Lipinski definition) is 0. The van der Waals surface area contributed by atoms with Gasteiger partial charge in [0.15, 0.2) is 0 Å². The Morgan fingerprint density at radius 3 is 2.07 bits per heavy atom. The molecule has 29 heavy (non-hydrogen) atoms. The van der Waals surface area contributed by atoms with Crippen LogP contribution in [0, 0.1) is 17.8 Å². The third-order valence-corrected chi connectivity index (χ3v) is 7.67. The van der Waals surface area contributed by atoms with Crippen LogP contribution >= 0.6 is 0 Å².